The van der Waals surface area contributed by atoms with Crippen LogP contribution in [0.3, 0.4) is 0 Å². The van der Waals surface area contributed by atoms with Gasteiger partial charge in [-0.15, -0.1) is 0 Å². The molecule has 0 saturated heterocycles. The van der Waals surface area contributed by atoms with Crippen molar-refractivity contribution in [1.29, 1.82) is 0 Å². The summed E-state index contributed by atoms with van der Waals surface area (Å²) in [5.41, 5.74) is 9.28. The Morgan fingerprint density at radius 3 is 2.38 bits per heavy atom. The molecule has 34 heavy (non-hydrogen) atoms. The van der Waals surface area contributed by atoms with E-state index in [2.05, 4.69) is 37.3 Å². The van der Waals surface area contributed by atoms with E-state index < -0.39 is 17.8 Å². The fraction of sp³-hybridized carbons (Fsp3) is 0.308. The molecule has 0 unspecified atom stereocenters. The normalized spacial score (nSPS) is 15.6. The van der Waals surface area contributed by atoms with Gasteiger partial charge in [-0.1, -0.05) is 32.9 Å². The summed E-state index contributed by atoms with van der Waals surface area (Å²) in [6.07, 6.45) is 2.91. The van der Waals surface area contributed by atoms with Crippen molar-refractivity contribution < 1.29 is 19.5 Å². The van der Waals surface area contributed by atoms with Gasteiger partial charge in [-0.3, -0.25) is 14.3 Å². The summed E-state index contributed by atoms with van der Waals surface area (Å²) in [6, 6.07) is 11.5. The summed E-state index contributed by atoms with van der Waals surface area (Å²) in [5.74, 6) is -2.25. The molecule has 3 aromatic rings. The summed E-state index contributed by atoms with van der Waals surface area (Å²) in [5, 5.41) is 16.0. The Hall–Kier alpha value is -3.94. The quantitative estimate of drug-likeness (QED) is 0.534. The Morgan fingerprint density at radius 2 is 1.85 bits per heavy atom. The van der Waals surface area contributed by atoms with Crippen molar-refractivity contribution in [3.05, 3.63) is 82.2 Å². The smallest absolute Gasteiger partial charge is 0.335 e. The van der Waals surface area contributed by atoms with E-state index in [0.717, 1.165) is 23.7 Å². The fourth-order valence-electron chi connectivity index (χ4n) is 4.57. The first-order chi connectivity index (χ1) is 15.9. The lowest BCUT2D eigenvalue weighted by Crippen LogP contribution is -2.21. The predicted molar refractivity (Wildman–Crippen MR) is 130 cm³/mol. The standard InChI is InChI=1S/C21H22N2O4.C5H8N2/c1-11-10-21(2,3)15-5-4-6-16(17(11)15)23-19(25)13-8-7-12(20(26)27)9-14(13)18(22)24;1-5-3-4-7(2)6-5/h4-9,11H,10H2,1-3H3,(H2,22,24)(H,23,25)(H,26,27);3-4H,1-2H3/t11-;/m0./s1. The number of primary amides is 1. The molecule has 4 rings (SSSR count). The molecule has 1 aliphatic carbocycles. The number of rotatable bonds is 4. The van der Waals surface area contributed by atoms with Crippen molar-refractivity contribution >= 4 is 23.5 Å². The average molecular weight is 463 g/mol. The van der Waals surface area contributed by atoms with E-state index in [0.29, 0.717) is 5.69 Å². The average Bonchev–Trinajstić information content (AvgIpc) is 3.26. The lowest BCUT2D eigenvalue weighted by Gasteiger charge is -2.19. The van der Waals surface area contributed by atoms with Crippen LogP contribution in [-0.4, -0.2) is 32.7 Å². The largest absolute Gasteiger partial charge is 0.478 e. The molecular weight excluding hydrogens is 432 g/mol. The van der Waals surface area contributed by atoms with Gasteiger partial charge < -0.3 is 16.2 Å². The van der Waals surface area contributed by atoms with Gasteiger partial charge in [-0.25, -0.2) is 4.79 Å². The van der Waals surface area contributed by atoms with Crippen LogP contribution in [0.5, 0.6) is 0 Å². The lowest BCUT2D eigenvalue weighted by atomic mass is 9.86. The third-order valence-electron chi connectivity index (χ3n) is 6.02. The molecule has 8 heteroatoms. The summed E-state index contributed by atoms with van der Waals surface area (Å²) >= 11 is 0. The molecule has 0 aliphatic heterocycles. The minimum absolute atomic E-state index is 0.0248. The maximum absolute atomic E-state index is 12.8. The van der Waals surface area contributed by atoms with Gasteiger partial charge >= 0.3 is 5.97 Å². The highest BCUT2D eigenvalue weighted by atomic mass is 16.4. The van der Waals surface area contributed by atoms with E-state index in [1.165, 1.54) is 17.7 Å². The molecule has 0 fully saturated rings. The molecule has 0 radical (unpaired) electrons. The third-order valence-corrected chi connectivity index (χ3v) is 6.02. The van der Waals surface area contributed by atoms with E-state index in [4.69, 9.17) is 10.8 Å². The highest BCUT2D eigenvalue weighted by Crippen LogP contribution is 2.48. The Labute approximate surface area is 198 Å². The molecule has 1 aliphatic rings. The van der Waals surface area contributed by atoms with Gasteiger partial charge in [-0.05, 0) is 66.1 Å². The number of nitrogens with one attached hydrogen (secondary N) is 1. The number of carbonyl (C=O) groups excluding carboxylic acids is 2. The van der Waals surface area contributed by atoms with Gasteiger partial charge in [0.15, 0.2) is 0 Å². The lowest BCUT2D eigenvalue weighted by molar-refractivity contribution is 0.0696. The number of anilines is 1. The van der Waals surface area contributed by atoms with Gasteiger partial charge in [0, 0.05) is 18.9 Å². The Morgan fingerprint density at radius 1 is 1.15 bits per heavy atom. The molecule has 0 bridgehead atoms. The van der Waals surface area contributed by atoms with Crippen LogP contribution in [0.25, 0.3) is 0 Å². The Bertz CT molecular complexity index is 1240. The number of carboxylic acids is 1. The number of hydrogen-bond acceptors (Lipinski definition) is 4. The van der Waals surface area contributed by atoms with Crippen molar-refractivity contribution in [1.82, 2.24) is 9.78 Å². The van der Waals surface area contributed by atoms with Crippen LogP contribution in [0.2, 0.25) is 0 Å². The number of hydrogen-bond donors (Lipinski definition) is 3. The van der Waals surface area contributed by atoms with Crippen LogP contribution in [0.4, 0.5) is 5.69 Å². The number of carboxylic acid groups (broad SMARTS) is 1. The van der Waals surface area contributed by atoms with Crippen molar-refractivity contribution in [3.8, 4) is 0 Å². The van der Waals surface area contributed by atoms with Crippen LogP contribution in [-0.2, 0) is 12.5 Å². The first-order valence-corrected chi connectivity index (χ1v) is 11.0. The van der Waals surface area contributed by atoms with Crippen LogP contribution in [0.1, 0.15) is 81.0 Å². The number of aryl methyl sites for hydroxylation is 2. The minimum Gasteiger partial charge on any atom is -0.478 e. The SMILES string of the molecule is C[C@H]1CC(C)(C)c2cccc(NC(=O)c3ccc(C(=O)O)cc3C(N)=O)c21.Cc1ccn(C)n1. The van der Waals surface area contributed by atoms with Crippen molar-refractivity contribution in [2.75, 3.05) is 5.32 Å². The number of aromatic carboxylic acids is 1. The Kier molecular flexibility index (Phi) is 6.91. The van der Waals surface area contributed by atoms with Crippen LogP contribution in [0, 0.1) is 6.92 Å². The fourth-order valence-corrected chi connectivity index (χ4v) is 4.57. The minimum atomic E-state index is -1.19. The van der Waals surface area contributed by atoms with E-state index in [1.54, 1.807) is 4.68 Å². The first kappa shape index (κ1) is 24.7. The number of nitrogens with zero attached hydrogens (tertiary/aromatic N) is 2. The monoisotopic (exact) mass is 462 g/mol. The van der Waals surface area contributed by atoms with Gasteiger partial charge in [0.05, 0.1) is 22.4 Å². The molecule has 1 aromatic heterocycles. The van der Waals surface area contributed by atoms with Gasteiger partial charge in [0.2, 0.25) is 5.91 Å². The summed E-state index contributed by atoms with van der Waals surface area (Å²) < 4.78 is 1.79. The molecule has 178 valence electrons. The molecule has 2 amide bonds. The van der Waals surface area contributed by atoms with E-state index in [9.17, 15) is 14.4 Å². The Balaban J connectivity index is 0.000000396. The van der Waals surface area contributed by atoms with Crippen LogP contribution >= 0.6 is 0 Å². The topological polar surface area (TPSA) is 127 Å². The molecular formula is C26H30N4O4. The molecule has 0 spiro atoms. The second-order valence-electron chi connectivity index (χ2n) is 9.27. The predicted octanol–water partition coefficient (Wildman–Crippen LogP) is 4.25. The van der Waals surface area contributed by atoms with Crippen molar-refractivity contribution in [2.24, 2.45) is 12.8 Å². The number of amides is 2. The van der Waals surface area contributed by atoms with E-state index in [1.807, 2.05) is 38.4 Å². The van der Waals surface area contributed by atoms with E-state index >= 15 is 0 Å². The summed E-state index contributed by atoms with van der Waals surface area (Å²) in [4.78, 5) is 35.7. The third kappa shape index (κ3) is 5.17. The van der Waals surface area contributed by atoms with E-state index in [-0.39, 0.29) is 28.0 Å². The number of benzene rings is 2. The van der Waals surface area contributed by atoms with Crippen molar-refractivity contribution in [3.63, 3.8) is 0 Å². The highest BCUT2D eigenvalue weighted by Gasteiger charge is 2.36. The van der Waals surface area contributed by atoms with Crippen molar-refractivity contribution in [2.45, 2.75) is 45.4 Å². The number of carbonyl (C=O) groups is 3. The van der Waals surface area contributed by atoms with Crippen LogP contribution < -0.4 is 11.1 Å². The molecule has 4 N–H and O–H groups in total. The molecule has 0 saturated carbocycles. The number of nitrogens with two attached hydrogens (primary N) is 1. The van der Waals surface area contributed by atoms with Crippen LogP contribution in [0.15, 0.2) is 48.7 Å². The van der Waals surface area contributed by atoms with Gasteiger partial charge in [0.1, 0.15) is 0 Å². The molecule has 1 heterocycles. The highest BCUT2D eigenvalue weighted by molar-refractivity contribution is 6.13. The summed E-state index contributed by atoms with van der Waals surface area (Å²) in [6.45, 7) is 8.45. The van der Waals surface area contributed by atoms with Gasteiger partial charge in [0.25, 0.3) is 5.91 Å². The molecule has 2 aromatic carbocycles. The maximum atomic E-state index is 12.8. The molecule has 1 atom stereocenters. The second kappa shape index (κ2) is 9.51. The number of fused-ring (bicyclic) bond motifs is 1. The zero-order valence-electron chi connectivity index (χ0n) is 20.0. The summed E-state index contributed by atoms with van der Waals surface area (Å²) in [7, 11) is 1.91. The number of aromatic nitrogens is 2. The second-order valence-corrected chi connectivity index (χ2v) is 9.27. The maximum Gasteiger partial charge on any atom is 0.335 e. The molecule has 8 nitrogen and oxygen atoms in total. The zero-order chi connectivity index (χ0) is 25.2. The first-order valence-electron chi connectivity index (χ1n) is 11.0. The zero-order valence-corrected chi connectivity index (χ0v) is 20.0. The van der Waals surface area contributed by atoms with Gasteiger partial charge in [-0.2, -0.15) is 5.10 Å².